The summed E-state index contributed by atoms with van der Waals surface area (Å²) in [5, 5.41) is 7.78. The van der Waals surface area contributed by atoms with Gasteiger partial charge in [-0.25, -0.2) is 0 Å². The molecule has 0 spiro atoms. The van der Waals surface area contributed by atoms with Crippen LogP contribution in [0.25, 0.3) is 53.8 Å². The summed E-state index contributed by atoms with van der Waals surface area (Å²) in [4.78, 5) is 11.6. The summed E-state index contributed by atoms with van der Waals surface area (Å²) in [6.07, 6.45) is 3.55. The molecule has 2 nitrogen and oxygen atoms in total. The van der Waals surface area contributed by atoms with Crippen LogP contribution < -0.4 is 0 Å². The SMILES string of the molecule is Cc1sc(-c2ccc3c4ccccc4c4ccccc4c3c2)c2nccnc12. The van der Waals surface area contributed by atoms with Gasteiger partial charge in [-0.15, -0.1) is 11.3 Å². The predicted octanol–water partition coefficient (Wildman–Crippen LogP) is 7.13. The maximum Gasteiger partial charge on any atom is 0.108 e. The van der Waals surface area contributed by atoms with Crippen LogP contribution in [0.4, 0.5) is 0 Å². The molecule has 0 amide bonds. The van der Waals surface area contributed by atoms with Crippen molar-refractivity contribution in [3.05, 3.63) is 84.0 Å². The predicted molar refractivity (Wildman–Crippen MR) is 120 cm³/mol. The van der Waals surface area contributed by atoms with Gasteiger partial charge in [0, 0.05) is 17.3 Å². The maximum atomic E-state index is 4.62. The lowest BCUT2D eigenvalue weighted by Crippen LogP contribution is -1.85. The minimum atomic E-state index is 0.995. The largest absolute Gasteiger partial charge is 0.252 e. The summed E-state index contributed by atoms with van der Waals surface area (Å²) in [5.41, 5.74) is 3.21. The smallest absolute Gasteiger partial charge is 0.108 e. The molecular weight excluding hydrogens is 360 g/mol. The van der Waals surface area contributed by atoms with Crippen molar-refractivity contribution in [2.75, 3.05) is 0 Å². The molecule has 0 radical (unpaired) electrons. The van der Waals surface area contributed by atoms with E-state index in [9.17, 15) is 0 Å². The average molecular weight is 376 g/mol. The van der Waals surface area contributed by atoms with Crippen molar-refractivity contribution in [3.63, 3.8) is 0 Å². The zero-order valence-electron chi connectivity index (χ0n) is 15.3. The molecule has 0 saturated carbocycles. The Morgan fingerprint density at radius 2 is 1.14 bits per heavy atom. The van der Waals surface area contributed by atoms with Crippen LogP contribution in [-0.4, -0.2) is 9.97 Å². The minimum Gasteiger partial charge on any atom is -0.252 e. The number of aromatic nitrogens is 2. The van der Waals surface area contributed by atoms with E-state index >= 15 is 0 Å². The number of thiophene rings is 1. The molecule has 2 heterocycles. The molecule has 0 aliphatic carbocycles. The van der Waals surface area contributed by atoms with Gasteiger partial charge in [-0.2, -0.15) is 0 Å². The monoisotopic (exact) mass is 376 g/mol. The molecular formula is C25H16N2S. The molecule has 0 aliphatic rings. The molecule has 0 N–H and O–H groups in total. The lowest BCUT2D eigenvalue weighted by atomic mass is 9.93. The highest BCUT2D eigenvalue weighted by molar-refractivity contribution is 7.17. The molecule has 6 rings (SSSR count). The second kappa shape index (κ2) is 5.85. The normalized spacial score (nSPS) is 11.8. The standard InChI is InChI=1S/C25H16N2S/c1-15-23-24(27-13-12-26-23)25(28-15)16-10-11-21-19-8-3-2-6-17(19)18-7-4-5-9-20(18)22(21)14-16/h2-14H,1H3. The number of aryl methyl sites for hydroxylation is 1. The number of rotatable bonds is 1. The third kappa shape index (κ3) is 2.14. The Bertz CT molecular complexity index is 1490. The summed E-state index contributed by atoms with van der Waals surface area (Å²) in [6.45, 7) is 2.12. The maximum absolute atomic E-state index is 4.62. The van der Waals surface area contributed by atoms with Crippen LogP contribution in [0.15, 0.2) is 79.1 Å². The fourth-order valence-corrected chi connectivity index (χ4v) is 5.30. The van der Waals surface area contributed by atoms with Gasteiger partial charge >= 0.3 is 0 Å². The van der Waals surface area contributed by atoms with Crippen molar-refractivity contribution in [2.45, 2.75) is 6.92 Å². The quantitative estimate of drug-likeness (QED) is 0.285. The number of nitrogens with zero attached hydrogens (tertiary/aromatic N) is 2. The van der Waals surface area contributed by atoms with Gasteiger partial charge in [-0.3, -0.25) is 9.97 Å². The minimum absolute atomic E-state index is 0.995. The molecule has 132 valence electrons. The van der Waals surface area contributed by atoms with Gasteiger partial charge in [0.15, 0.2) is 0 Å². The Hall–Kier alpha value is -3.30. The topological polar surface area (TPSA) is 25.8 Å². The molecule has 3 heteroatoms. The van der Waals surface area contributed by atoms with E-state index in [1.165, 1.54) is 47.6 Å². The third-order valence-corrected chi connectivity index (χ3v) is 6.64. The fourth-order valence-electron chi connectivity index (χ4n) is 4.26. The number of benzene rings is 4. The molecule has 0 atom stereocenters. The van der Waals surface area contributed by atoms with Gasteiger partial charge in [-0.05, 0) is 50.9 Å². The van der Waals surface area contributed by atoms with Crippen LogP contribution >= 0.6 is 11.3 Å². The Balaban J connectivity index is 1.76. The van der Waals surface area contributed by atoms with Crippen molar-refractivity contribution in [3.8, 4) is 10.4 Å². The van der Waals surface area contributed by atoms with E-state index in [2.05, 4.69) is 83.6 Å². The Morgan fingerprint density at radius 3 is 1.79 bits per heavy atom. The molecule has 0 fully saturated rings. The van der Waals surface area contributed by atoms with Gasteiger partial charge in [0.2, 0.25) is 0 Å². The van der Waals surface area contributed by atoms with Crippen molar-refractivity contribution < 1.29 is 0 Å². The number of hydrogen-bond donors (Lipinski definition) is 0. The first-order chi connectivity index (χ1) is 13.8. The zero-order valence-corrected chi connectivity index (χ0v) is 16.1. The average Bonchev–Trinajstić information content (AvgIpc) is 3.10. The molecule has 2 aromatic heterocycles. The van der Waals surface area contributed by atoms with E-state index in [0.717, 1.165) is 11.0 Å². The van der Waals surface area contributed by atoms with Crippen LogP contribution in [0.2, 0.25) is 0 Å². The van der Waals surface area contributed by atoms with Crippen molar-refractivity contribution >= 4 is 54.7 Å². The first-order valence-electron chi connectivity index (χ1n) is 9.35. The highest BCUT2D eigenvalue weighted by atomic mass is 32.1. The summed E-state index contributed by atoms with van der Waals surface area (Å²) < 4.78 is 0. The fraction of sp³-hybridized carbons (Fsp3) is 0.0400. The summed E-state index contributed by atoms with van der Waals surface area (Å²) in [5.74, 6) is 0. The first-order valence-corrected chi connectivity index (χ1v) is 10.2. The molecule has 0 bridgehead atoms. The molecule has 28 heavy (non-hydrogen) atoms. The molecule has 0 aliphatic heterocycles. The van der Waals surface area contributed by atoms with Crippen LogP contribution in [-0.2, 0) is 0 Å². The summed E-state index contributed by atoms with van der Waals surface area (Å²) >= 11 is 1.77. The van der Waals surface area contributed by atoms with Gasteiger partial charge in [-0.1, -0.05) is 60.7 Å². The highest BCUT2D eigenvalue weighted by Crippen LogP contribution is 2.40. The highest BCUT2D eigenvalue weighted by Gasteiger charge is 2.14. The second-order valence-electron chi connectivity index (χ2n) is 7.09. The van der Waals surface area contributed by atoms with Gasteiger partial charge in [0.25, 0.3) is 0 Å². The van der Waals surface area contributed by atoms with Crippen LogP contribution in [0.3, 0.4) is 0 Å². The third-order valence-electron chi connectivity index (χ3n) is 5.51. The lowest BCUT2D eigenvalue weighted by Gasteiger charge is -2.11. The van der Waals surface area contributed by atoms with Crippen molar-refractivity contribution in [2.24, 2.45) is 0 Å². The summed E-state index contributed by atoms with van der Waals surface area (Å²) in [6, 6.07) is 24.2. The summed E-state index contributed by atoms with van der Waals surface area (Å²) in [7, 11) is 0. The van der Waals surface area contributed by atoms with Crippen LogP contribution in [0.1, 0.15) is 4.88 Å². The van der Waals surface area contributed by atoms with Crippen molar-refractivity contribution in [1.29, 1.82) is 0 Å². The van der Waals surface area contributed by atoms with Crippen LogP contribution in [0.5, 0.6) is 0 Å². The van der Waals surface area contributed by atoms with E-state index < -0.39 is 0 Å². The Morgan fingerprint density at radius 1 is 0.607 bits per heavy atom. The van der Waals surface area contributed by atoms with Gasteiger partial charge in [0.1, 0.15) is 11.0 Å². The first kappa shape index (κ1) is 15.7. The molecule has 0 unspecified atom stereocenters. The van der Waals surface area contributed by atoms with E-state index in [1.807, 2.05) is 0 Å². The van der Waals surface area contributed by atoms with Crippen molar-refractivity contribution in [1.82, 2.24) is 9.97 Å². The zero-order chi connectivity index (χ0) is 18.7. The molecule has 0 saturated heterocycles. The molecule has 6 aromatic rings. The number of hydrogen-bond acceptors (Lipinski definition) is 3. The van der Waals surface area contributed by atoms with Crippen LogP contribution in [0, 0.1) is 6.92 Å². The Kier molecular flexibility index (Phi) is 3.28. The van der Waals surface area contributed by atoms with E-state index in [0.29, 0.717) is 0 Å². The Labute approximate surface area is 166 Å². The number of fused-ring (bicyclic) bond motifs is 7. The van der Waals surface area contributed by atoms with Gasteiger partial charge < -0.3 is 0 Å². The second-order valence-corrected chi connectivity index (χ2v) is 8.32. The molecule has 4 aromatic carbocycles. The van der Waals surface area contributed by atoms with E-state index in [4.69, 9.17) is 0 Å². The van der Waals surface area contributed by atoms with E-state index in [-0.39, 0.29) is 0 Å². The lowest BCUT2D eigenvalue weighted by molar-refractivity contribution is 1.30. The van der Waals surface area contributed by atoms with Gasteiger partial charge in [0.05, 0.1) is 4.88 Å². The van der Waals surface area contributed by atoms with E-state index in [1.54, 1.807) is 23.7 Å².